The monoisotopic (exact) mass is 168 g/mol. The number of hydrogen-bond acceptors (Lipinski definition) is 5. The van der Waals surface area contributed by atoms with Crippen molar-refractivity contribution in [3.8, 4) is 0 Å². The van der Waals surface area contributed by atoms with Gasteiger partial charge in [0, 0.05) is 0 Å². The molecule has 0 bridgehead atoms. The molecule has 0 fully saturated rings. The van der Waals surface area contributed by atoms with Crippen molar-refractivity contribution in [1.29, 1.82) is 0 Å². The quantitative estimate of drug-likeness (QED) is 0.413. The molecule has 7 heavy (non-hydrogen) atoms. The summed E-state index contributed by atoms with van der Waals surface area (Å²) in [7, 11) is 0. The Morgan fingerprint density at radius 2 is 0.429 bits per heavy atom. The first-order valence-corrected chi connectivity index (χ1v) is 0. The average molecular weight is 168 g/mol. The fraction of sp³-hybridized carbons (Fsp3) is 0. The van der Waals surface area contributed by atoms with Crippen LogP contribution in [0, 0.1) is 0 Å². The van der Waals surface area contributed by atoms with Crippen LogP contribution in [0.4, 0.5) is 0 Å². The van der Waals surface area contributed by atoms with Crippen molar-refractivity contribution in [2.24, 2.45) is 0 Å². The fourth-order valence-electron chi connectivity index (χ4n) is 0. The van der Waals surface area contributed by atoms with E-state index in [1.54, 1.807) is 0 Å². The summed E-state index contributed by atoms with van der Waals surface area (Å²) in [5, 5.41) is 0. The maximum atomic E-state index is 0. The summed E-state index contributed by atoms with van der Waals surface area (Å²) < 4.78 is 0. The second kappa shape index (κ2) is 323. The predicted octanol–water partition coefficient (Wildman–Crippen LogP) is -1.27. The number of rotatable bonds is 0. The normalized spacial score (nSPS) is 0. The average Bonchev–Trinajstić information content (AvgIpc) is 0. The predicted molar refractivity (Wildman–Crippen MR) is 15.4 cm³/mol. The van der Waals surface area contributed by atoms with Crippen LogP contribution in [-0.2, 0) is 17.1 Å². The van der Waals surface area contributed by atoms with Gasteiger partial charge in [0.15, 0.2) is 0 Å². The Hall–Kier alpha value is 0.852. The van der Waals surface area contributed by atoms with Crippen LogP contribution in [0.3, 0.4) is 0 Å². The molecule has 5 N–H and O–H groups in total. The Balaban J connectivity index is 0. The molecule has 0 rings (SSSR count). The molecule has 0 amide bonds. The van der Waals surface area contributed by atoms with Crippen LogP contribution in [0.25, 0.3) is 0 Å². The number of hydrogen-bond donors (Lipinski definition) is 0. The minimum Gasteiger partial charge on any atom is -0.870 e. The molecule has 0 radical (unpaired) electrons. The summed E-state index contributed by atoms with van der Waals surface area (Å²) >= 11 is 0. The van der Waals surface area contributed by atoms with Crippen LogP contribution >= 0.6 is 0 Å². The third kappa shape index (κ3) is 222. The van der Waals surface area contributed by atoms with Crippen molar-refractivity contribution in [3.63, 3.8) is 0 Å². The molecule has 0 aliphatic heterocycles. The van der Waals surface area contributed by atoms with E-state index >= 15 is 0 Å². The molecule has 0 aromatic heterocycles. The second-order valence-electron chi connectivity index (χ2n) is 0. The summed E-state index contributed by atoms with van der Waals surface area (Å²) in [5.41, 5.74) is 0. The van der Waals surface area contributed by atoms with E-state index in [1.807, 2.05) is 0 Å². The summed E-state index contributed by atoms with van der Waals surface area (Å²) in [6.07, 6.45) is 0. The smallest absolute Gasteiger partial charge is 0.870 e. The third-order valence-corrected chi connectivity index (χ3v) is 0. The Kier molecular flexibility index (Phi) is 23500. The Labute approximate surface area is 62.2 Å². The summed E-state index contributed by atoms with van der Waals surface area (Å²) in [6.45, 7) is 0. The van der Waals surface area contributed by atoms with E-state index in [2.05, 4.69) is 0 Å². The molecule has 7 heteroatoms. The first-order valence-electron chi connectivity index (χ1n) is 0. The van der Waals surface area contributed by atoms with Crippen LogP contribution in [0.2, 0.25) is 0 Å². The zero-order valence-corrected chi connectivity index (χ0v) is 5.43. The van der Waals surface area contributed by atoms with E-state index in [0.717, 1.165) is 0 Å². The Bertz CT molecular complexity index is 8.04. The molecule has 0 saturated carbocycles. The van der Waals surface area contributed by atoms with Gasteiger partial charge in [0.25, 0.3) is 0 Å². The molecule has 0 saturated heterocycles. The standard InChI is InChI=1S/Al.Fe.5H2O/h;;5*1H2/q+3;+2;;;;;/p-5. The maximum Gasteiger partial charge on any atom is 3.00 e. The molecule has 0 aromatic carbocycles. The van der Waals surface area contributed by atoms with Gasteiger partial charge >= 0.3 is 34.4 Å². The molecule has 0 aliphatic rings. The maximum absolute atomic E-state index is 0. The van der Waals surface area contributed by atoms with Crippen molar-refractivity contribution >= 4 is 17.4 Å². The zero-order chi connectivity index (χ0) is 0. The van der Waals surface area contributed by atoms with Crippen molar-refractivity contribution in [3.05, 3.63) is 0 Å². The summed E-state index contributed by atoms with van der Waals surface area (Å²) in [4.78, 5) is 0. The van der Waals surface area contributed by atoms with Gasteiger partial charge in [-0.3, -0.25) is 0 Å². The third-order valence-electron chi connectivity index (χ3n) is 0. The van der Waals surface area contributed by atoms with Gasteiger partial charge in [0.2, 0.25) is 0 Å². The van der Waals surface area contributed by atoms with Gasteiger partial charge in [-0.1, -0.05) is 0 Å². The van der Waals surface area contributed by atoms with Gasteiger partial charge in [0.05, 0.1) is 0 Å². The molecule has 0 heterocycles. The zero-order valence-electron chi connectivity index (χ0n) is 3.17. The molecule has 0 atom stereocenters. The van der Waals surface area contributed by atoms with Crippen molar-refractivity contribution in [1.82, 2.24) is 0 Å². The van der Waals surface area contributed by atoms with Gasteiger partial charge in [-0.25, -0.2) is 0 Å². The van der Waals surface area contributed by atoms with E-state index in [9.17, 15) is 0 Å². The topological polar surface area (TPSA) is 150 Å². The molecule has 46 valence electrons. The van der Waals surface area contributed by atoms with Gasteiger partial charge in [-0.2, -0.15) is 0 Å². The van der Waals surface area contributed by atoms with Crippen LogP contribution in [0.1, 0.15) is 0 Å². The van der Waals surface area contributed by atoms with Crippen LogP contribution in [-0.4, -0.2) is 44.7 Å². The van der Waals surface area contributed by atoms with E-state index in [4.69, 9.17) is 0 Å². The first kappa shape index (κ1) is 508. The minimum absolute atomic E-state index is 0. The van der Waals surface area contributed by atoms with Crippen molar-refractivity contribution in [2.75, 3.05) is 0 Å². The molecular weight excluding hydrogens is 163 g/mol. The first-order chi connectivity index (χ1) is 0. The summed E-state index contributed by atoms with van der Waals surface area (Å²) in [6, 6.07) is 0. The van der Waals surface area contributed by atoms with E-state index in [1.165, 1.54) is 0 Å². The fourth-order valence-corrected chi connectivity index (χ4v) is 0. The largest absolute Gasteiger partial charge is 3.00 e. The van der Waals surface area contributed by atoms with Crippen molar-refractivity contribution < 1.29 is 44.4 Å². The molecule has 0 spiro atoms. The molecule has 0 aliphatic carbocycles. The molecule has 0 unspecified atom stereocenters. The van der Waals surface area contributed by atoms with Gasteiger partial charge in [-0.15, -0.1) is 0 Å². The Morgan fingerprint density at radius 1 is 0.429 bits per heavy atom. The van der Waals surface area contributed by atoms with Crippen molar-refractivity contribution in [2.45, 2.75) is 0 Å². The van der Waals surface area contributed by atoms with E-state index in [-0.39, 0.29) is 61.8 Å². The van der Waals surface area contributed by atoms with Gasteiger partial charge < -0.3 is 27.4 Å². The summed E-state index contributed by atoms with van der Waals surface area (Å²) in [5.74, 6) is 0. The molecule has 5 nitrogen and oxygen atoms in total. The van der Waals surface area contributed by atoms with Crippen LogP contribution in [0.15, 0.2) is 0 Å². The van der Waals surface area contributed by atoms with Gasteiger partial charge in [-0.05, 0) is 0 Å². The van der Waals surface area contributed by atoms with Gasteiger partial charge in [0.1, 0.15) is 0 Å². The van der Waals surface area contributed by atoms with E-state index in [0.29, 0.717) is 0 Å². The molecular formula is H5AlFeO5. The van der Waals surface area contributed by atoms with Crippen LogP contribution < -0.4 is 0 Å². The van der Waals surface area contributed by atoms with E-state index < -0.39 is 0 Å². The Morgan fingerprint density at radius 3 is 0.429 bits per heavy atom. The minimum atomic E-state index is 0. The van der Waals surface area contributed by atoms with Crippen LogP contribution in [0.5, 0.6) is 0 Å². The SMILES string of the molecule is [Al+3].[Fe+2].[OH-].[OH-].[OH-].[OH-].[OH-]. The molecule has 0 aromatic rings. The second-order valence-corrected chi connectivity index (χ2v) is 0.